The van der Waals surface area contributed by atoms with Crippen molar-refractivity contribution in [3.05, 3.63) is 0 Å². The van der Waals surface area contributed by atoms with Crippen molar-refractivity contribution in [1.29, 1.82) is 0 Å². The van der Waals surface area contributed by atoms with Gasteiger partial charge in [-0.1, -0.05) is 30.0 Å². The molecule has 0 aliphatic carbocycles. The van der Waals surface area contributed by atoms with Crippen LogP contribution in [0.2, 0.25) is 0 Å². The maximum atomic E-state index is 11.0. The number of nitrogens with zero attached hydrogens (tertiary/aromatic N) is 3. The molecule has 1 aromatic heterocycles. The Balaban J connectivity index is 2.49. The van der Waals surface area contributed by atoms with E-state index in [0.717, 1.165) is 9.47 Å². The normalized spacial score (nSPS) is 12.2. The highest BCUT2D eigenvalue weighted by Crippen LogP contribution is 2.30. The summed E-state index contributed by atoms with van der Waals surface area (Å²) in [6.07, 6.45) is 0.387. The van der Waals surface area contributed by atoms with Gasteiger partial charge in [-0.2, -0.15) is 0 Å². The summed E-state index contributed by atoms with van der Waals surface area (Å²) in [6.45, 7) is 1.97. The number of rotatable bonds is 5. The first kappa shape index (κ1) is 13.2. The van der Waals surface area contributed by atoms with E-state index >= 15 is 0 Å². The molecule has 0 spiro atoms. The molecular weight excluding hydrogens is 246 g/mol. The Morgan fingerprint density at radius 2 is 2.25 bits per heavy atom. The predicted octanol–water partition coefficient (Wildman–Crippen LogP) is 1.65. The summed E-state index contributed by atoms with van der Waals surface area (Å²) in [5.41, 5.74) is 0. The maximum absolute atomic E-state index is 11.0. The summed E-state index contributed by atoms with van der Waals surface area (Å²) in [6, 6.07) is 0. The van der Waals surface area contributed by atoms with E-state index in [1.54, 1.807) is 11.8 Å². The van der Waals surface area contributed by atoms with Crippen molar-refractivity contribution < 1.29 is 9.53 Å². The monoisotopic (exact) mass is 261 g/mol. The van der Waals surface area contributed by atoms with Gasteiger partial charge in [0.1, 0.15) is 0 Å². The van der Waals surface area contributed by atoms with Crippen molar-refractivity contribution in [3.8, 4) is 0 Å². The topological polar surface area (TPSA) is 55.3 Å². The largest absolute Gasteiger partial charge is 0.469 e. The van der Waals surface area contributed by atoms with E-state index < -0.39 is 0 Å². The fraction of sp³-hybridized carbons (Fsp3) is 0.667. The quantitative estimate of drug-likeness (QED) is 0.593. The van der Waals surface area contributed by atoms with E-state index in [0.29, 0.717) is 6.42 Å². The van der Waals surface area contributed by atoms with E-state index in [1.807, 2.05) is 25.9 Å². The lowest BCUT2D eigenvalue weighted by atomic mass is 10.3. The molecule has 5 nitrogen and oxygen atoms in total. The highest BCUT2D eigenvalue weighted by molar-refractivity contribution is 8.01. The smallest absolute Gasteiger partial charge is 0.306 e. The lowest BCUT2D eigenvalue weighted by Gasteiger charge is -2.06. The van der Waals surface area contributed by atoms with Crippen LogP contribution in [0.5, 0.6) is 0 Å². The zero-order valence-corrected chi connectivity index (χ0v) is 11.4. The molecule has 1 unspecified atom stereocenters. The summed E-state index contributed by atoms with van der Waals surface area (Å²) >= 11 is 3.06. The summed E-state index contributed by atoms with van der Waals surface area (Å²) in [5.74, 6) is -0.197. The van der Waals surface area contributed by atoms with E-state index in [-0.39, 0.29) is 11.2 Å². The molecular formula is C9H15N3O2S2. The summed E-state index contributed by atoms with van der Waals surface area (Å²) in [4.78, 5) is 13.0. The van der Waals surface area contributed by atoms with Crippen molar-refractivity contribution in [2.45, 2.75) is 22.9 Å². The minimum atomic E-state index is -0.197. The minimum Gasteiger partial charge on any atom is -0.469 e. The van der Waals surface area contributed by atoms with Crippen LogP contribution in [0.4, 0.5) is 5.13 Å². The van der Waals surface area contributed by atoms with Crippen LogP contribution in [-0.2, 0) is 9.53 Å². The third-order valence-corrected chi connectivity index (χ3v) is 4.04. The Hall–Kier alpha value is -0.820. The molecule has 0 aromatic carbocycles. The van der Waals surface area contributed by atoms with Gasteiger partial charge < -0.3 is 9.64 Å². The Morgan fingerprint density at radius 3 is 2.75 bits per heavy atom. The molecule has 0 N–H and O–H groups in total. The van der Waals surface area contributed by atoms with Crippen LogP contribution < -0.4 is 4.90 Å². The lowest BCUT2D eigenvalue weighted by Crippen LogP contribution is -2.08. The maximum Gasteiger partial charge on any atom is 0.306 e. The molecule has 0 saturated heterocycles. The first-order chi connectivity index (χ1) is 7.52. The SMILES string of the molecule is COC(=O)CC(C)Sc1nnc(N(C)C)s1. The number of anilines is 1. The molecule has 0 saturated carbocycles. The molecule has 90 valence electrons. The summed E-state index contributed by atoms with van der Waals surface area (Å²) < 4.78 is 5.48. The molecule has 0 aliphatic rings. The standard InChI is InChI=1S/C9H15N3O2S2/c1-6(5-7(13)14-4)15-9-11-10-8(16-9)12(2)3/h6H,5H2,1-4H3. The third kappa shape index (κ3) is 3.97. The number of hydrogen-bond donors (Lipinski definition) is 0. The van der Waals surface area contributed by atoms with Crippen molar-refractivity contribution in [2.75, 3.05) is 26.1 Å². The van der Waals surface area contributed by atoms with Crippen LogP contribution >= 0.6 is 23.1 Å². The molecule has 0 bridgehead atoms. The van der Waals surface area contributed by atoms with Gasteiger partial charge in [0, 0.05) is 19.3 Å². The zero-order chi connectivity index (χ0) is 12.1. The Bertz CT molecular complexity index is 354. The number of esters is 1. The second-order valence-electron chi connectivity index (χ2n) is 3.45. The van der Waals surface area contributed by atoms with Gasteiger partial charge in [-0.3, -0.25) is 4.79 Å². The van der Waals surface area contributed by atoms with Crippen LogP contribution in [0.25, 0.3) is 0 Å². The zero-order valence-electron chi connectivity index (χ0n) is 9.76. The summed E-state index contributed by atoms with van der Waals surface area (Å²) in [7, 11) is 5.24. The molecule has 0 radical (unpaired) electrons. The Labute approximate surface area is 103 Å². The van der Waals surface area contributed by atoms with Crippen molar-refractivity contribution >= 4 is 34.2 Å². The van der Waals surface area contributed by atoms with Gasteiger partial charge >= 0.3 is 5.97 Å². The number of hydrogen-bond acceptors (Lipinski definition) is 7. The van der Waals surface area contributed by atoms with E-state index in [4.69, 9.17) is 0 Å². The van der Waals surface area contributed by atoms with Gasteiger partial charge in [-0.25, -0.2) is 0 Å². The number of thioether (sulfide) groups is 1. The molecule has 1 heterocycles. The Morgan fingerprint density at radius 1 is 1.56 bits per heavy atom. The minimum absolute atomic E-state index is 0.149. The van der Waals surface area contributed by atoms with Gasteiger partial charge in [0.15, 0.2) is 4.34 Å². The van der Waals surface area contributed by atoms with Crippen molar-refractivity contribution in [3.63, 3.8) is 0 Å². The fourth-order valence-corrected chi connectivity index (χ4v) is 3.03. The highest BCUT2D eigenvalue weighted by Gasteiger charge is 2.14. The second-order valence-corrected chi connectivity index (χ2v) is 6.10. The molecule has 1 atom stereocenters. The molecule has 0 fully saturated rings. The van der Waals surface area contributed by atoms with E-state index in [1.165, 1.54) is 18.4 Å². The van der Waals surface area contributed by atoms with E-state index in [9.17, 15) is 4.79 Å². The van der Waals surface area contributed by atoms with Crippen LogP contribution in [0.3, 0.4) is 0 Å². The predicted molar refractivity (Wildman–Crippen MR) is 66.2 cm³/mol. The van der Waals surface area contributed by atoms with Gasteiger partial charge in [-0.15, -0.1) is 10.2 Å². The van der Waals surface area contributed by atoms with Crippen LogP contribution in [0.1, 0.15) is 13.3 Å². The van der Waals surface area contributed by atoms with Crippen LogP contribution in [0, 0.1) is 0 Å². The third-order valence-electron chi connectivity index (χ3n) is 1.76. The van der Waals surface area contributed by atoms with Gasteiger partial charge in [0.05, 0.1) is 13.5 Å². The molecule has 1 rings (SSSR count). The number of carbonyl (C=O) groups excluding carboxylic acids is 1. The molecule has 7 heteroatoms. The molecule has 16 heavy (non-hydrogen) atoms. The molecule has 0 aliphatic heterocycles. The number of methoxy groups -OCH3 is 1. The fourth-order valence-electron chi connectivity index (χ4n) is 0.963. The second kappa shape index (κ2) is 6.05. The van der Waals surface area contributed by atoms with E-state index in [2.05, 4.69) is 14.9 Å². The number of aromatic nitrogens is 2. The van der Waals surface area contributed by atoms with Gasteiger partial charge in [-0.05, 0) is 0 Å². The Kier molecular flexibility index (Phi) is 5.01. The van der Waals surface area contributed by atoms with Crippen LogP contribution in [-0.4, -0.2) is 42.6 Å². The van der Waals surface area contributed by atoms with Gasteiger partial charge in [0.25, 0.3) is 0 Å². The number of ether oxygens (including phenoxy) is 1. The lowest BCUT2D eigenvalue weighted by molar-refractivity contribution is -0.140. The molecule has 0 amide bonds. The van der Waals surface area contributed by atoms with Crippen molar-refractivity contribution in [2.24, 2.45) is 0 Å². The average molecular weight is 261 g/mol. The average Bonchev–Trinajstić information content (AvgIpc) is 2.65. The van der Waals surface area contributed by atoms with Crippen molar-refractivity contribution in [1.82, 2.24) is 10.2 Å². The van der Waals surface area contributed by atoms with Crippen LogP contribution in [0.15, 0.2) is 4.34 Å². The first-order valence-electron chi connectivity index (χ1n) is 4.77. The summed E-state index contributed by atoms with van der Waals surface area (Å²) in [5, 5.41) is 9.09. The highest BCUT2D eigenvalue weighted by atomic mass is 32.2. The van der Waals surface area contributed by atoms with Gasteiger partial charge in [0.2, 0.25) is 5.13 Å². The number of carbonyl (C=O) groups is 1. The molecule has 1 aromatic rings. The first-order valence-corrected chi connectivity index (χ1v) is 6.47.